The number of sulfonamides is 1. The molecule has 3 aromatic rings. The van der Waals surface area contributed by atoms with Crippen LogP contribution in [0, 0.1) is 0 Å². The van der Waals surface area contributed by atoms with Crippen LogP contribution in [0.3, 0.4) is 0 Å². The van der Waals surface area contributed by atoms with Gasteiger partial charge < -0.3 is 0 Å². The molecule has 3 nitrogen and oxygen atoms in total. The highest BCUT2D eigenvalue weighted by molar-refractivity contribution is 7.89. The number of nitrogens with two attached hydrogens (primary N) is 1. The summed E-state index contributed by atoms with van der Waals surface area (Å²) in [5.41, 5.74) is 2.68. The highest BCUT2D eigenvalue weighted by Gasteiger charge is 2.18. The normalized spacial score (nSPS) is 11.5. The molecule has 0 atom stereocenters. The molecule has 3 aromatic carbocycles. The molecule has 0 aliphatic rings. The number of halogens is 3. The molecule has 0 bridgehead atoms. The Bertz CT molecular complexity index is 1040. The first kappa shape index (κ1) is 18.2. The van der Waals surface area contributed by atoms with Gasteiger partial charge in [0.25, 0.3) is 0 Å². The molecule has 128 valence electrons. The van der Waals surface area contributed by atoms with Crippen molar-refractivity contribution in [3.05, 3.63) is 75.7 Å². The third-order valence-corrected chi connectivity index (χ3v) is 5.87. The first-order valence-corrected chi connectivity index (χ1v) is 9.83. The van der Waals surface area contributed by atoms with Gasteiger partial charge in [0.1, 0.15) is 0 Å². The first-order chi connectivity index (χ1) is 11.8. The minimum atomic E-state index is -3.88. The maximum absolute atomic E-state index is 11.9. The monoisotopic (exact) mass is 411 g/mol. The van der Waals surface area contributed by atoms with Crippen LogP contribution < -0.4 is 5.14 Å². The minimum absolute atomic E-state index is 0.0496. The van der Waals surface area contributed by atoms with Gasteiger partial charge in [-0.2, -0.15) is 0 Å². The lowest BCUT2D eigenvalue weighted by molar-refractivity contribution is 0.598. The van der Waals surface area contributed by atoms with E-state index >= 15 is 0 Å². The summed E-state index contributed by atoms with van der Waals surface area (Å²) in [6.45, 7) is 0. The Hall–Kier alpha value is -1.56. The molecule has 0 spiro atoms. The third-order valence-electron chi connectivity index (χ3n) is 3.71. The second kappa shape index (κ2) is 6.98. The van der Waals surface area contributed by atoms with Crippen molar-refractivity contribution in [3.63, 3.8) is 0 Å². The zero-order chi connectivity index (χ0) is 18.2. The Morgan fingerprint density at radius 3 is 1.76 bits per heavy atom. The summed E-state index contributed by atoms with van der Waals surface area (Å²) >= 11 is 18.3. The van der Waals surface area contributed by atoms with Gasteiger partial charge in [0.15, 0.2) is 0 Å². The maximum Gasteiger partial charge on any atom is 0.238 e. The van der Waals surface area contributed by atoms with Crippen molar-refractivity contribution in [2.45, 2.75) is 4.90 Å². The standard InChI is InChI=1S/C18H12Cl3NO2S/c19-15-9-11(10-16(20)18(15)21)12-5-1-2-6-13(12)14-7-3-4-8-17(14)25(22,23)24/h1-10H,(H2,22,23,24). The molecular weight excluding hydrogens is 401 g/mol. The van der Waals surface area contributed by atoms with Crippen LogP contribution in [0.15, 0.2) is 65.6 Å². The van der Waals surface area contributed by atoms with Crippen molar-refractivity contribution in [2.24, 2.45) is 5.14 Å². The Morgan fingerprint density at radius 2 is 1.20 bits per heavy atom. The highest BCUT2D eigenvalue weighted by atomic mass is 35.5. The summed E-state index contributed by atoms with van der Waals surface area (Å²) in [6, 6.07) is 17.3. The molecule has 0 saturated carbocycles. The van der Waals surface area contributed by atoms with Crippen LogP contribution in [0.5, 0.6) is 0 Å². The van der Waals surface area contributed by atoms with Gasteiger partial charge >= 0.3 is 0 Å². The largest absolute Gasteiger partial charge is 0.238 e. The minimum Gasteiger partial charge on any atom is -0.225 e. The molecule has 3 rings (SSSR count). The van der Waals surface area contributed by atoms with Gasteiger partial charge in [-0.15, -0.1) is 0 Å². The Morgan fingerprint density at radius 1 is 0.720 bits per heavy atom. The van der Waals surface area contributed by atoms with E-state index in [1.54, 1.807) is 30.3 Å². The lowest BCUT2D eigenvalue weighted by atomic mass is 9.94. The fourth-order valence-corrected chi connectivity index (χ4v) is 3.97. The van der Waals surface area contributed by atoms with Crippen molar-refractivity contribution >= 4 is 44.8 Å². The van der Waals surface area contributed by atoms with Gasteiger partial charge in [0.05, 0.1) is 20.0 Å². The van der Waals surface area contributed by atoms with Gasteiger partial charge in [-0.25, -0.2) is 13.6 Å². The summed E-state index contributed by atoms with van der Waals surface area (Å²) in [5.74, 6) is 0. The zero-order valence-corrected chi connectivity index (χ0v) is 15.8. The summed E-state index contributed by atoms with van der Waals surface area (Å²) in [6.07, 6.45) is 0. The quantitative estimate of drug-likeness (QED) is 0.567. The summed E-state index contributed by atoms with van der Waals surface area (Å²) in [4.78, 5) is 0.0496. The molecular formula is C18H12Cl3NO2S. The number of rotatable bonds is 3. The molecule has 0 fully saturated rings. The average Bonchev–Trinajstić information content (AvgIpc) is 2.58. The molecule has 0 amide bonds. The fourth-order valence-electron chi connectivity index (χ4n) is 2.62. The molecule has 2 N–H and O–H groups in total. The molecule has 0 unspecified atom stereocenters. The van der Waals surface area contributed by atoms with Crippen LogP contribution in [0.25, 0.3) is 22.3 Å². The van der Waals surface area contributed by atoms with Crippen molar-refractivity contribution in [1.29, 1.82) is 0 Å². The van der Waals surface area contributed by atoms with Gasteiger partial charge in [-0.05, 0) is 34.9 Å². The van der Waals surface area contributed by atoms with Crippen molar-refractivity contribution in [1.82, 2.24) is 0 Å². The van der Waals surface area contributed by atoms with Crippen LogP contribution in [-0.2, 0) is 10.0 Å². The van der Waals surface area contributed by atoms with E-state index in [4.69, 9.17) is 39.9 Å². The molecule has 25 heavy (non-hydrogen) atoms. The molecule has 7 heteroatoms. The lowest BCUT2D eigenvalue weighted by Gasteiger charge is -2.14. The van der Waals surface area contributed by atoms with E-state index in [0.29, 0.717) is 21.2 Å². The molecule has 0 saturated heterocycles. The second-order valence-electron chi connectivity index (χ2n) is 5.34. The molecule has 0 heterocycles. The van der Waals surface area contributed by atoms with Crippen LogP contribution in [0.2, 0.25) is 15.1 Å². The number of benzene rings is 3. The van der Waals surface area contributed by atoms with E-state index in [9.17, 15) is 8.42 Å². The Kier molecular flexibility index (Phi) is 5.09. The smallest absolute Gasteiger partial charge is 0.225 e. The van der Waals surface area contributed by atoms with Crippen LogP contribution in [0.4, 0.5) is 0 Å². The molecule has 0 radical (unpaired) electrons. The zero-order valence-electron chi connectivity index (χ0n) is 12.7. The molecule has 0 aliphatic heterocycles. The SMILES string of the molecule is NS(=O)(=O)c1ccccc1-c1ccccc1-c1cc(Cl)c(Cl)c(Cl)c1. The van der Waals surface area contributed by atoms with Gasteiger partial charge in [-0.1, -0.05) is 77.3 Å². The number of primary sulfonamides is 1. The predicted octanol–water partition coefficient (Wildman–Crippen LogP) is 5.63. The van der Waals surface area contributed by atoms with Gasteiger partial charge in [-0.3, -0.25) is 0 Å². The van der Waals surface area contributed by atoms with Crippen LogP contribution >= 0.6 is 34.8 Å². The Labute approximate surface area is 161 Å². The van der Waals surface area contributed by atoms with Crippen LogP contribution in [0.1, 0.15) is 0 Å². The van der Waals surface area contributed by atoms with Crippen molar-refractivity contribution in [3.8, 4) is 22.3 Å². The number of hydrogen-bond donors (Lipinski definition) is 1. The lowest BCUT2D eigenvalue weighted by Crippen LogP contribution is -2.13. The van der Waals surface area contributed by atoms with E-state index in [2.05, 4.69) is 0 Å². The third kappa shape index (κ3) is 3.68. The fraction of sp³-hybridized carbons (Fsp3) is 0. The van der Waals surface area contributed by atoms with E-state index < -0.39 is 10.0 Å². The van der Waals surface area contributed by atoms with Crippen molar-refractivity contribution < 1.29 is 8.42 Å². The number of hydrogen-bond acceptors (Lipinski definition) is 2. The Balaban J connectivity index is 2.30. The van der Waals surface area contributed by atoms with Gasteiger partial charge in [0, 0.05) is 5.56 Å². The van der Waals surface area contributed by atoms with Gasteiger partial charge in [0.2, 0.25) is 10.0 Å². The highest BCUT2D eigenvalue weighted by Crippen LogP contribution is 2.39. The van der Waals surface area contributed by atoms with Crippen molar-refractivity contribution in [2.75, 3.05) is 0 Å². The summed E-state index contributed by atoms with van der Waals surface area (Å²) in [7, 11) is -3.88. The van der Waals surface area contributed by atoms with E-state index in [1.807, 2.05) is 24.3 Å². The maximum atomic E-state index is 11.9. The summed E-state index contributed by atoms with van der Waals surface area (Å²) in [5, 5.41) is 6.27. The predicted molar refractivity (Wildman–Crippen MR) is 104 cm³/mol. The average molecular weight is 413 g/mol. The van der Waals surface area contributed by atoms with E-state index in [0.717, 1.165) is 11.1 Å². The molecule has 0 aromatic heterocycles. The van der Waals surface area contributed by atoms with Crippen LogP contribution in [-0.4, -0.2) is 8.42 Å². The topological polar surface area (TPSA) is 60.2 Å². The van der Waals surface area contributed by atoms with E-state index in [1.165, 1.54) is 6.07 Å². The second-order valence-corrected chi connectivity index (χ2v) is 8.06. The first-order valence-electron chi connectivity index (χ1n) is 7.15. The van der Waals surface area contributed by atoms with E-state index in [-0.39, 0.29) is 9.92 Å². The summed E-state index contributed by atoms with van der Waals surface area (Å²) < 4.78 is 23.9. The molecule has 0 aliphatic carbocycles.